The van der Waals surface area contributed by atoms with Gasteiger partial charge in [-0.05, 0) is 171 Å². The van der Waals surface area contributed by atoms with Crippen LogP contribution in [0.25, 0.3) is 44.6 Å². The average molecular weight is 889 g/mol. The lowest BCUT2D eigenvalue weighted by Crippen LogP contribution is -2.45. The number of nitrogens with one attached hydrogen (secondary N) is 1. The quantitative estimate of drug-likeness (QED) is 0.111. The van der Waals surface area contributed by atoms with Crippen LogP contribution in [0.2, 0.25) is 0 Å². The monoisotopic (exact) mass is 888 g/mol. The van der Waals surface area contributed by atoms with Gasteiger partial charge >= 0.3 is 12.2 Å². The van der Waals surface area contributed by atoms with Crippen molar-refractivity contribution in [2.45, 2.75) is 104 Å². The summed E-state index contributed by atoms with van der Waals surface area (Å²) < 4.78 is 22.8. The maximum atomic E-state index is 13.2. The number of Topliss-reactive ketones (excluding diaryl/α,β-unsaturated/α-hetero) is 1. The molecule has 8 rings (SSSR count). The van der Waals surface area contributed by atoms with E-state index >= 15 is 0 Å². The summed E-state index contributed by atoms with van der Waals surface area (Å²) in [5.74, 6) is 1.23. The molecule has 14 nitrogen and oxygen atoms in total. The summed E-state index contributed by atoms with van der Waals surface area (Å²) in [6.07, 6.45) is 2.01. The van der Waals surface area contributed by atoms with E-state index in [0.29, 0.717) is 43.0 Å². The number of carbonyl (C=O) groups excluding carboxylic acids is 4. The number of hydrogen-bond donors (Lipinski definition) is 4. The highest BCUT2D eigenvalue weighted by Gasteiger charge is 2.38. The van der Waals surface area contributed by atoms with E-state index in [4.69, 9.17) is 29.8 Å². The van der Waals surface area contributed by atoms with Gasteiger partial charge in [0.15, 0.2) is 5.78 Å². The first-order chi connectivity index (χ1) is 30.4. The van der Waals surface area contributed by atoms with E-state index in [1.807, 2.05) is 106 Å². The molecule has 4 heterocycles. The van der Waals surface area contributed by atoms with Crippen LogP contribution in [0.15, 0.2) is 106 Å². The Labute approximate surface area is 381 Å². The first-order valence-electron chi connectivity index (χ1n) is 21.6. The van der Waals surface area contributed by atoms with E-state index in [2.05, 4.69) is 11.1 Å². The Bertz CT molecular complexity index is 2580. The van der Waals surface area contributed by atoms with Crippen LogP contribution in [-0.2, 0) is 25.5 Å². The number of fused-ring (bicyclic) bond motifs is 2. The van der Waals surface area contributed by atoms with Crippen molar-refractivity contribution in [1.29, 1.82) is 0 Å². The smallest absolute Gasteiger partial charge is 0.410 e. The minimum atomic E-state index is -0.632. The molecule has 4 aromatic carbocycles. The van der Waals surface area contributed by atoms with Gasteiger partial charge < -0.3 is 40.8 Å². The minimum absolute atomic E-state index is 0. The lowest BCUT2D eigenvalue weighted by molar-refractivity contribution is -0.122. The van der Waals surface area contributed by atoms with Crippen molar-refractivity contribution in [1.82, 2.24) is 9.80 Å². The van der Waals surface area contributed by atoms with E-state index in [9.17, 15) is 19.2 Å². The number of ketones is 1. The second kappa shape index (κ2) is 20.8. The summed E-state index contributed by atoms with van der Waals surface area (Å²) in [6.45, 7) is 11.9. The Balaban J connectivity index is 0.000000329. The van der Waals surface area contributed by atoms with Crippen LogP contribution in [-0.4, -0.2) is 77.1 Å². The number of hydrogen-bond acceptors (Lipinski definition) is 11. The third-order valence-corrected chi connectivity index (χ3v) is 10.6. The van der Waals surface area contributed by atoms with Crippen molar-refractivity contribution < 1.29 is 37.5 Å². The summed E-state index contributed by atoms with van der Waals surface area (Å²) >= 11 is 0. The largest absolute Gasteiger partial charge is 0.456 e. The summed E-state index contributed by atoms with van der Waals surface area (Å²) in [6, 6.07) is 29.1. The number of nitrogens with two attached hydrogens (primary N) is 3. The maximum Gasteiger partial charge on any atom is 0.410 e. The van der Waals surface area contributed by atoms with Gasteiger partial charge in [0, 0.05) is 58.5 Å². The number of likely N-dealkylation sites (tertiary alicyclic amines) is 2. The number of anilines is 3. The third-order valence-electron chi connectivity index (χ3n) is 10.6. The van der Waals surface area contributed by atoms with Gasteiger partial charge in [-0.2, -0.15) is 0 Å². The fraction of sp³-hybridized carbons (Fsp3) is 0.373. The molecule has 3 amide bonds. The average Bonchev–Trinajstić information content (AvgIpc) is 4.07. The van der Waals surface area contributed by atoms with Gasteiger partial charge in [0.1, 0.15) is 39.9 Å². The highest BCUT2D eigenvalue weighted by molar-refractivity contribution is 5.97. The van der Waals surface area contributed by atoms with Gasteiger partial charge in [-0.3, -0.25) is 19.4 Å². The molecule has 2 fully saturated rings. The molecule has 2 aliphatic rings. The molecule has 0 saturated carbocycles. The Kier molecular flexibility index (Phi) is 15.7. The van der Waals surface area contributed by atoms with Crippen LogP contribution in [0.5, 0.6) is 0 Å². The van der Waals surface area contributed by atoms with Crippen molar-refractivity contribution in [3.63, 3.8) is 0 Å². The van der Waals surface area contributed by atoms with Gasteiger partial charge in [-0.1, -0.05) is 13.5 Å². The predicted octanol–water partition coefficient (Wildman–Crippen LogP) is 10.4. The fourth-order valence-corrected chi connectivity index (χ4v) is 7.68. The molecule has 2 aromatic heterocycles. The first-order valence-corrected chi connectivity index (χ1v) is 21.6. The van der Waals surface area contributed by atoms with E-state index in [-0.39, 0.29) is 25.5 Å². The molecule has 0 aliphatic carbocycles. The number of nitrogens with zero attached hydrogens (tertiary/aromatic N) is 2. The van der Waals surface area contributed by atoms with Gasteiger partial charge in [0.25, 0.3) is 0 Å². The minimum Gasteiger partial charge on any atom is -0.456 e. The number of amides is 3. The Morgan fingerprint density at radius 1 is 0.631 bits per heavy atom. The van der Waals surface area contributed by atoms with E-state index in [1.54, 1.807) is 37.8 Å². The zero-order valence-electron chi connectivity index (χ0n) is 37.7. The van der Waals surface area contributed by atoms with Crippen LogP contribution in [0.4, 0.5) is 26.7 Å². The summed E-state index contributed by atoms with van der Waals surface area (Å²) in [7, 11) is 1.50. The van der Waals surface area contributed by atoms with Crippen molar-refractivity contribution >= 4 is 62.9 Å². The number of benzene rings is 4. The van der Waals surface area contributed by atoms with Gasteiger partial charge in [-0.25, -0.2) is 9.59 Å². The zero-order valence-corrected chi connectivity index (χ0v) is 37.7. The van der Waals surface area contributed by atoms with Crippen molar-refractivity contribution in [3.8, 4) is 22.6 Å². The molecule has 6 aromatic rings. The highest BCUT2D eigenvalue weighted by Crippen LogP contribution is 2.32. The van der Waals surface area contributed by atoms with Gasteiger partial charge in [0.2, 0.25) is 5.91 Å². The molecule has 0 bridgehead atoms. The molecule has 0 unspecified atom stereocenters. The summed E-state index contributed by atoms with van der Waals surface area (Å²) in [5, 5.41) is 4.80. The SMILES string of the molecule is C.CC(C)(C)OC(=O)N1CCC[C@H]1C(=O)Cc1ccc2oc(-c3ccc(NC(=O)[C@@H]4CCCN4C(=O)OC(C)(C)C)cc3)cc2c1.CN.Nc1ccc(-c2cc3cc(N)ccc3o2)cc1. The van der Waals surface area contributed by atoms with Gasteiger partial charge in [-0.15, -0.1) is 0 Å². The van der Waals surface area contributed by atoms with E-state index in [1.165, 1.54) is 11.9 Å². The summed E-state index contributed by atoms with van der Waals surface area (Å²) in [5.41, 5.74) is 21.0. The van der Waals surface area contributed by atoms with Crippen LogP contribution in [0, 0.1) is 0 Å². The van der Waals surface area contributed by atoms with Crippen molar-refractivity contribution in [2.24, 2.45) is 5.73 Å². The molecular weight excluding hydrogens is 825 g/mol. The molecule has 2 saturated heterocycles. The normalized spacial score (nSPS) is 15.9. The number of nitrogen functional groups attached to an aromatic ring is 2. The second-order valence-electron chi connectivity index (χ2n) is 17.9. The summed E-state index contributed by atoms with van der Waals surface area (Å²) in [4.78, 5) is 54.6. The molecule has 65 heavy (non-hydrogen) atoms. The van der Waals surface area contributed by atoms with Crippen LogP contribution >= 0.6 is 0 Å². The van der Waals surface area contributed by atoms with Crippen LogP contribution in [0.1, 0.15) is 80.2 Å². The Morgan fingerprint density at radius 2 is 1.09 bits per heavy atom. The lowest BCUT2D eigenvalue weighted by atomic mass is 10.0. The predicted molar refractivity (Wildman–Crippen MR) is 258 cm³/mol. The fourth-order valence-electron chi connectivity index (χ4n) is 7.68. The lowest BCUT2D eigenvalue weighted by Gasteiger charge is -2.28. The molecule has 0 radical (unpaired) electrons. The number of ether oxygens (including phenoxy) is 2. The standard InChI is InChI=1S/C35H43N3O7.C14H12N2O.CH5N.CH4/c1-34(2,3)44-32(41)37-17-7-9-26(37)28(39)20-22-11-16-29-24(19-22)21-30(43-29)23-12-14-25(15-13-23)36-31(40)27-10-8-18-38(27)33(42)45-35(4,5)6;15-11-3-1-9(2-4-11)14-8-10-7-12(16)5-6-13(10)17-14;1-2;/h11-16,19,21,26-27H,7-10,17-18,20H2,1-6H3,(H,36,40);1-8H,15-16H2;2H2,1H3;1H4/t26-,27-;;;/m0.../s1. The molecule has 2 aliphatic heterocycles. The van der Waals surface area contributed by atoms with Crippen LogP contribution in [0.3, 0.4) is 0 Å². The van der Waals surface area contributed by atoms with Crippen molar-refractivity contribution in [2.75, 3.05) is 36.9 Å². The number of rotatable bonds is 7. The maximum absolute atomic E-state index is 13.2. The number of carbonyl (C=O) groups is 4. The van der Waals surface area contributed by atoms with E-state index in [0.717, 1.165) is 63.0 Å². The second-order valence-corrected chi connectivity index (χ2v) is 17.9. The van der Waals surface area contributed by atoms with Crippen LogP contribution < -0.4 is 22.5 Å². The molecule has 14 heteroatoms. The van der Waals surface area contributed by atoms with Crippen molar-refractivity contribution in [3.05, 3.63) is 103 Å². The molecule has 0 spiro atoms. The topological polar surface area (TPSA) is 210 Å². The molecule has 2 atom stereocenters. The first kappa shape index (κ1) is 49.2. The van der Waals surface area contributed by atoms with Gasteiger partial charge in [0.05, 0.1) is 6.04 Å². The van der Waals surface area contributed by atoms with E-state index < -0.39 is 35.5 Å². The third kappa shape index (κ3) is 12.7. The molecular formula is C51H64N6O8. The Morgan fingerprint density at radius 3 is 1.63 bits per heavy atom. The zero-order chi connectivity index (χ0) is 46.3. The molecule has 346 valence electrons. The number of furan rings is 2. The molecule has 7 N–H and O–H groups in total. The highest BCUT2D eigenvalue weighted by atomic mass is 16.6. The Hall–Kier alpha value is -6.80.